The molecular formula is C66H66. The average Bonchev–Trinajstić information content (AvgIpc) is 3.78. The first-order chi connectivity index (χ1) is 31.5. The normalized spacial score (nSPS) is 12.9. The molecule has 0 bridgehead atoms. The minimum absolute atomic E-state index is 0.417. The second-order valence-corrected chi connectivity index (χ2v) is 22.1. The van der Waals surface area contributed by atoms with Crippen molar-refractivity contribution in [1.82, 2.24) is 0 Å². The third-order valence-corrected chi connectivity index (χ3v) is 15.8. The van der Waals surface area contributed by atoms with Gasteiger partial charge in [0.2, 0.25) is 0 Å². The van der Waals surface area contributed by atoms with E-state index in [-0.39, 0.29) is 0 Å². The lowest BCUT2D eigenvalue weighted by atomic mass is 9.81. The molecule has 0 unspecified atom stereocenters. The monoisotopic (exact) mass is 859 g/mol. The zero-order valence-electron chi connectivity index (χ0n) is 41.9. The Morgan fingerprint density at radius 3 is 0.848 bits per heavy atom. The molecule has 0 aliphatic heterocycles. The van der Waals surface area contributed by atoms with Crippen LogP contribution >= 0.6 is 0 Å². The Kier molecular flexibility index (Phi) is 9.87. The number of fused-ring (bicyclic) bond motifs is 11. The highest BCUT2D eigenvalue weighted by molar-refractivity contribution is 6.40. The van der Waals surface area contributed by atoms with Gasteiger partial charge in [-0.2, -0.15) is 0 Å². The maximum absolute atomic E-state index is 2.58. The van der Waals surface area contributed by atoms with Crippen LogP contribution in [-0.4, -0.2) is 0 Å². The van der Waals surface area contributed by atoms with E-state index in [1.165, 1.54) is 153 Å². The van der Waals surface area contributed by atoms with Gasteiger partial charge in [0.1, 0.15) is 0 Å². The lowest BCUT2D eigenvalue weighted by molar-refractivity contribution is 0.807. The maximum Gasteiger partial charge on any atom is -0.00172 e. The molecule has 0 saturated carbocycles. The summed E-state index contributed by atoms with van der Waals surface area (Å²) in [5.41, 5.74) is 16.9. The molecule has 0 spiro atoms. The minimum Gasteiger partial charge on any atom is -0.0587 e. The fourth-order valence-corrected chi connectivity index (χ4v) is 12.3. The maximum atomic E-state index is 2.58. The summed E-state index contributed by atoms with van der Waals surface area (Å²) in [6.07, 6.45) is 0. The molecule has 0 saturated heterocycles. The highest BCUT2D eigenvalue weighted by Crippen LogP contribution is 2.51. The van der Waals surface area contributed by atoms with E-state index in [1.807, 2.05) is 0 Å². The van der Waals surface area contributed by atoms with Gasteiger partial charge in [0.15, 0.2) is 0 Å². The van der Waals surface area contributed by atoms with Gasteiger partial charge in [-0.25, -0.2) is 0 Å². The molecule has 0 fully saturated rings. The van der Waals surface area contributed by atoms with Gasteiger partial charge in [0.05, 0.1) is 0 Å². The van der Waals surface area contributed by atoms with E-state index < -0.39 is 0 Å². The van der Waals surface area contributed by atoms with Gasteiger partial charge in [0.25, 0.3) is 0 Å². The molecule has 0 heteroatoms. The fourth-order valence-electron chi connectivity index (χ4n) is 12.3. The van der Waals surface area contributed by atoms with Gasteiger partial charge in [0, 0.05) is 0 Å². The Hall–Kier alpha value is -5.98. The van der Waals surface area contributed by atoms with Crippen LogP contribution in [0.4, 0.5) is 0 Å². The van der Waals surface area contributed by atoms with Crippen molar-refractivity contribution in [2.45, 2.75) is 132 Å². The molecule has 11 aromatic carbocycles. The number of hydrogen-bond acceptors (Lipinski definition) is 0. The van der Waals surface area contributed by atoms with Crippen molar-refractivity contribution in [2.75, 3.05) is 0 Å². The van der Waals surface area contributed by atoms with Crippen LogP contribution in [0.25, 0.3) is 108 Å². The molecule has 0 atom stereocenters. The summed E-state index contributed by atoms with van der Waals surface area (Å²) in [5.74, 6) is 2.63. The Balaban J connectivity index is 1.24. The molecule has 0 aromatic heterocycles. The van der Waals surface area contributed by atoms with Gasteiger partial charge < -0.3 is 0 Å². The summed E-state index contributed by atoms with van der Waals surface area (Å²) < 4.78 is 0. The molecule has 0 aliphatic carbocycles. The van der Waals surface area contributed by atoms with Gasteiger partial charge in [-0.1, -0.05) is 168 Å². The van der Waals surface area contributed by atoms with Crippen molar-refractivity contribution in [3.8, 4) is 22.3 Å². The smallest absolute Gasteiger partial charge is 0.00172 e. The van der Waals surface area contributed by atoms with Crippen molar-refractivity contribution in [1.29, 1.82) is 0 Å². The summed E-state index contributed by atoms with van der Waals surface area (Å²) in [5, 5.41) is 21.9. The summed E-state index contributed by atoms with van der Waals surface area (Å²) in [7, 11) is 0. The van der Waals surface area contributed by atoms with Crippen LogP contribution in [-0.2, 0) is 0 Å². The van der Waals surface area contributed by atoms with Crippen LogP contribution in [0.3, 0.4) is 0 Å². The number of hydrogen-bond donors (Lipinski definition) is 0. The molecule has 11 rings (SSSR count). The van der Waals surface area contributed by atoms with Crippen LogP contribution in [0.15, 0.2) is 109 Å². The van der Waals surface area contributed by atoms with Crippen molar-refractivity contribution < 1.29 is 0 Å². The molecule has 0 radical (unpaired) electrons. The highest BCUT2D eigenvalue weighted by Gasteiger charge is 2.25. The molecule has 330 valence electrons. The molecule has 0 heterocycles. The van der Waals surface area contributed by atoms with E-state index in [4.69, 9.17) is 0 Å². The summed E-state index contributed by atoms with van der Waals surface area (Å²) in [6, 6.07) is 44.3. The fraction of sp³-hybridized carbons (Fsp3) is 0.303. The number of aryl methyl sites for hydroxylation is 2. The van der Waals surface area contributed by atoms with Gasteiger partial charge in [-0.15, -0.1) is 0 Å². The highest BCUT2D eigenvalue weighted by atomic mass is 14.3. The summed E-state index contributed by atoms with van der Waals surface area (Å²) in [6.45, 7) is 32.9. The largest absolute Gasteiger partial charge is 0.0587 e. The number of benzene rings is 9. The van der Waals surface area contributed by atoms with Crippen molar-refractivity contribution in [3.05, 3.63) is 154 Å². The summed E-state index contributed by atoms with van der Waals surface area (Å²) in [4.78, 5) is 0. The van der Waals surface area contributed by atoms with Gasteiger partial charge >= 0.3 is 0 Å². The van der Waals surface area contributed by atoms with E-state index in [1.54, 1.807) is 0 Å². The molecule has 0 aliphatic rings. The second-order valence-electron chi connectivity index (χ2n) is 22.1. The molecular weight excluding hydrogens is 793 g/mol. The second kappa shape index (κ2) is 15.3. The minimum atomic E-state index is 0.417. The average molecular weight is 859 g/mol. The zero-order chi connectivity index (χ0) is 46.4. The van der Waals surface area contributed by atoms with Crippen molar-refractivity contribution in [2.24, 2.45) is 0 Å². The SMILES string of the molecule is Cc1ccc2c3ccc(-c4c(C(C)C)cc(C(C)C)cc4C(C)C)cc3c3cc4c5cc6c7cc(-c8c(C(C)C)cc(C(C)C)cc8C(C)C)ccc7c7ccc(C)c(c5ccc4c1c23)c76. The first kappa shape index (κ1) is 42.6. The lowest BCUT2D eigenvalue weighted by Crippen LogP contribution is -2.03. The molecule has 0 amide bonds. The van der Waals surface area contributed by atoms with Crippen LogP contribution in [0, 0.1) is 13.8 Å². The van der Waals surface area contributed by atoms with Gasteiger partial charge in [-0.05, 0) is 227 Å². The van der Waals surface area contributed by atoms with Crippen molar-refractivity contribution >= 4 is 86.2 Å². The predicted molar refractivity (Wildman–Crippen MR) is 294 cm³/mol. The lowest BCUT2D eigenvalue weighted by Gasteiger charge is -2.23. The van der Waals surface area contributed by atoms with Gasteiger partial charge in [-0.3, -0.25) is 0 Å². The third-order valence-electron chi connectivity index (χ3n) is 15.8. The Morgan fingerprint density at radius 2 is 0.530 bits per heavy atom. The quantitative estimate of drug-likeness (QED) is 0.134. The first-order valence-corrected chi connectivity index (χ1v) is 25.1. The Bertz CT molecular complexity index is 3460. The molecule has 11 aromatic rings. The topological polar surface area (TPSA) is 0 Å². The Labute approximate surface area is 392 Å². The van der Waals surface area contributed by atoms with Crippen LogP contribution in [0.2, 0.25) is 0 Å². The molecule has 0 nitrogen and oxygen atoms in total. The van der Waals surface area contributed by atoms with Crippen LogP contribution < -0.4 is 0 Å². The van der Waals surface area contributed by atoms with E-state index in [2.05, 4.69) is 206 Å². The molecule has 66 heavy (non-hydrogen) atoms. The van der Waals surface area contributed by atoms with Crippen LogP contribution in [0.5, 0.6) is 0 Å². The predicted octanol–water partition coefficient (Wildman–Crippen LogP) is 20.5. The first-order valence-electron chi connectivity index (χ1n) is 25.1. The molecule has 0 N–H and O–H groups in total. The van der Waals surface area contributed by atoms with E-state index in [0.29, 0.717) is 35.5 Å². The van der Waals surface area contributed by atoms with E-state index >= 15 is 0 Å². The third kappa shape index (κ3) is 6.16. The summed E-state index contributed by atoms with van der Waals surface area (Å²) >= 11 is 0. The zero-order valence-corrected chi connectivity index (χ0v) is 41.9. The van der Waals surface area contributed by atoms with E-state index in [9.17, 15) is 0 Å². The van der Waals surface area contributed by atoms with Crippen LogP contribution in [0.1, 0.15) is 163 Å². The number of rotatable bonds is 8. The standard InChI is InChI=1S/C66H66/c1-33(2)43-27-51(35(5)6)63(52(28-43)36(7)8)41-17-21-45-47-19-15-39(13)61-49-23-24-50-58(57(49)31-59(65(47)61)55(45)25-41)32-60-56-26-42(18-22-46(56)48-20-16-40(14)62(50)66(48)60)64-53(37(9)10)29-44(34(3)4)30-54(64)38(11)12/h15-38H,1-14H3. The Morgan fingerprint density at radius 1 is 0.242 bits per heavy atom. The van der Waals surface area contributed by atoms with Crippen molar-refractivity contribution in [3.63, 3.8) is 0 Å². The van der Waals surface area contributed by atoms with E-state index in [0.717, 1.165) is 0 Å².